The Balaban J connectivity index is 2.10. The molecule has 0 fully saturated rings. The molecule has 2 aromatic carbocycles. The molecule has 0 amide bonds. The third-order valence-electron chi connectivity index (χ3n) is 5.60. The maximum atomic E-state index is 5.77. The monoisotopic (exact) mass is 303 g/mol. The van der Waals surface area contributed by atoms with Gasteiger partial charge in [0, 0.05) is 0 Å². The Morgan fingerprint density at radius 2 is 1.48 bits per heavy atom. The van der Waals surface area contributed by atoms with Gasteiger partial charge in [0.25, 0.3) is 0 Å². The summed E-state index contributed by atoms with van der Waals surface area (Å²) in [6, 6.07) is 19.3. The van der Waals surface area contributed by atoms with Gasteiger partial charge in [-0.3, -0.25) is 0 Å². The molecule has 2 aromatic rings. The molecule has 2 atom stereocenters. The highest BCUT2D eigenvalue weighted by atomic mass is 16.5. The Hall–Kier alpha value is -2.35. The van der Waals surface area contributed by atoms with Crippen LogP contribution in [0.1, 0.15) is 37.5 Å². The van der Waals surface area contributed by atoms with E-state index in [1.807, 2.05) is 0 Å². The SMILES string of the molecule is COC1=N[C@]2(C)C(C)=C(c3ccccc3)[C@]1(C)c1ccccc12. The first-order chi connectivity index (χ1) is 11.0. The van der Waals surface area contributed by atoms with Crippen molar-refractivity contribution in [2.45, 2.75) is 31.7 Å². The van der Waals surface area contributed by atoms with Crippen LogP contribution in [-0.2, 0) is 15.7 Å². The zero-order valence-corrected chi connectivity index (χ0v) is 14.1. The first-order valence-electron chi connectivity index (χ1n) is 8.05. The normalized spacial score (nSPS) is 28.4. The summed E-state index contributed by atoms with van der Waals surface area (Å²) in [6.45, 7) is 6.65. The first kappa shape index (κ1) is 14.3. The van der Waals surface area contributed by atoms with Gasteiger partial charge in [-0.1, -0.05) is 54.6 Å². The van der Waals surface area contributed by atoms with E-state index in [4.69, 9.17) is 9.73 Å². The fourth-order valence-corrected chi connectivity index (χ4v) is 4.34. The molecule has 2 heterocycles. The minimum absolute atomic E-state index is 0.339. The summed E-state index contributed by atoms with van der Waals surface area (Å²) >= 11 is 0. The van der Waals surface area contributed by atoms with Crippen LogP contribution in [0.25, 0.3) is 5.57 Å². The fraction of sp³-hybridized carbons (Fsp3) is 0.286. The number of methoxy groups -OCH3 is 1. The van der Waals surface area contributed by atoms with E-state index < -0.39 is 0 Å². The summed E-state index contributed by atoms with van der Waals surface area (Å²) in [5, 5.41) is 0. The predicted molar refractivity (Wildman–Crippen MR) is 94.6 cm³/mol. The average molecular weight is 303 g/mol. The van der Waals surface area contributed by atoms with Crippen molar-refractivity contribution in [1.82, 2.24) is 0 Å². The van der Waals surface area contributed by atoms with Crippen molar-refractivity contribution >= 4 is 11.5 Å². The number of nitrogens with zero attached hydrogens (tertiary/aromatic N) is 1. The molecule has 0 saturated carbocycles. The lowest BCUT2D eigenvalue weighted by Gasteiger charge is -2.50. The highest BCUT2D eigenvalue weighted by Gasteiger charge is 2.54. The predicted octanol–water partition coefficient (Wildman–Crippen LogP) is 4.71. The molecular formula is C21H21NO. The van der Waals surface area contributed by atoms with Gasteiger partial charge in [0.2, 0.25) is 0 Å². The number of ether oxygens (including phenoxy) is 1. The molecule has 3 aliphatic rings. The minimum Gasteiger partial charge on any atom is -0.483 e. The van der Waals surface area contributed by atoms with Crippen LogP contribution in [-0.4, -0.2) is 13.0 Å². The fourth-order valence-electron chi connectivity index (χ4n) is 4.34. The van der Waals surface area contributed by atoms with Crippen LogP contribution < -0.4 is 0 Å². The Kier molecular flexibility index (Phi) is 2.84. The van der Waals surface area contributed by atoms with Crippen molar-refractivity contribution in [3.8, 4) is 0 Å². The molecule has 2 bridgehead atoms. The van der Waals surface area contributed by atoms with Gasteiger partial charge in [0.15, 0.2) is 5.90 Å². The molecular weight excluding hydrogens is 282 g/mol. The maximum absolute atomic E-state index is 5.77. The van der Waals surface area contributed by atoms with E-state index >= 15 is 0 Å². The number of hydrogen-bond donors (Lipinski definition) is 0. The molecule has 23 heavy (non-hydrogen) atoms. The van der Waals surface area contributed by atoms with Crippen molar-refractivity contribution in [3.63, 3.8) is 0 Å². The van der Waals surface area contributed by atoms with Crippen LogP contribution >= 0.6 is 0 Å². The summed E-state index contributed by atoms with van der Waals surface area (Å²) in [5.41, 5.74) is 5.79. The van der Waals surface area contributed by atoms with Crippen LogP contribution in [0.4, 0.5) is 0 Å². The molecule has 0 saturated heterocycles. The summed E-state index contributed by atoms with van der Waals surface area (Å²) in [6.07, 6.45) is 0. The molecule has 1 aliphatic carbocycles. The number of benzene rings is 2. The molecule has 2 aliphatic heterocycles. The third-order valence-corrected chi connectivity index (χ3v) is 5.60. The van der Waals surface area contributed by atoms with Crippen LogP contribution in [0.15, 0.2) is 65.2 Å². The molecule has 2 heteroatoms. The molecule has 0 unspecified atom stereocenters. The second-order valence-electron chi connectivity index (χ2n) is 6.73. The van der Waals surface area contributed by atoms with Crippen LogP contribution in [0.3, 0.4) is 0 Å². The second kappa shape index (κ2) is 4.58. The Bertz CT molecular complexity index is 849. The van der Waals surface area contributed by atoms with Gasteiger partial charge in [-0.15, -0.1) is 0 Å². The molecule has 0 spiro atoms. The maximum Gasteiger partial charge on any atom is 0.199 e. The van der Waals surface area contributed by atoms with Crippen molar-refractivity contribution in [2.75, 3.05) is 7.11 Å². The minimum atomic E-state index is -0.356. The quantitative estimate of drug-likeness (QED) is 0.748. The van der Waals surface area contributed by atoms with E-state index in [1.165, 1.54) is 27.8 Å². The van der Waals surface area contributed by atoms with E-state index in [0.717, 1.165) is 5.90 Å². The Labute approximate surface area is 137 Å². The molecule has 2 nitrogen and oxygen atoms in total. The van der Waals surface area contributed by atoms with Crippen LogP contribution in [0.5, 0.6) is 0 Å². The zero-order valence-electron chi connectivity index (χ0n) is 14.1. The van der Waals surface area contributed by atoms with Gasteiger partial charge in [-0.2, -0.15) is 0 Å². The van der Waals surface area contributed by atoms with E-state index in [2.05, 4.69) is 75.4 Å². The third kappa shape index (κ3) is 1.61. The van der Waals surface area contributed by atoms with Crippen molar-refractivity contribution in [1.29, 1.82) is 0 Å². The largest absolute Gasteiger partial charge is 0.483 e. The molecule has 5 rings (SSSR count). The lowest BCUT2D eigenvalue weighted by atomic mass is 9.58. The Morgan fingerprint density at radius 3 is 2.13 bits per heavy atom. The van der Waals surface area contributed by atoms with Gasteiger partial charge in [0.05, 0.1) is 12.5 Å². The van der Waals surface area contributed by atoms with E-state index in [0.29, 0.717) is 0 Å². The van der Waals surface area contributed by atoms with Crippen molar-refractivity contribution in [3.05, 3.63) is 76.9 Å². The lowest BCUT2D eigenvalue weighted by Crippen LogP contribution is -2.49. The lowest BCUT2D eigenvalue weighted by molar-refractivity contribution is 0.341. The Morgan fingerprint density at radius 1 is 0.870 bits per heavy atom. The summed E-state index contributed by atoms with van der Waals surface area (Å²) < 4.78 is 5.77. The van der Waals surface area contributed by atoms with E-state index in [-0.39, 0.29) is 11.0 Å². The summed E-state index contributed by atoms with van der Waals surface area (Å²) in [4.78, 5) is 5.01. The van der Waals surface area contributed by atoms with Crippen molar-refractivity contribution < 1.29 is 4.74 Å². The van der Waals surface area contributed by atoms with Gasteiger partial charge in [-0.25, -0.2) is 4.99 Å². The smallest absolute Gasteiger partial charge is 0.199 e. The number of hydrogen-bond acceptors (Lipinski definition) is 2. The molecule has 116 valence electrons. The zero-order chi connectivity index (χ0) is 16.2. The first-order valence-corrected chi connectivity index (χ1v) is 8.05. The summed E-state index contributed by atoms with van der Waals surface area (Å²) in [7, 11) is 1.73. The summed E-state index contributed by atoms with van der Waals surface area (Å²) in [5.74, 6) is 0.808. The molecule has 0 radical (unpaired) electrons. The van der Waals surface area contributed by atoms with E-state index in [1.54, 1.807) is 7.11 Å². The second-order valence-corrected chi connectivity index (χ2v) is 6.73. The highest BCUT2D eigenvalue weighted by Crippen LogP contribution is 2.58. The van der Waals surface area contributed by atoms with E-state index in [9.17, 15) is 0 Å². The van der Waals surface area contributed by atoms with Crippen LogP contribution in [0.2, 0.25) is 0 Å². The standard InChI is InChI=1S/C21H21NO/c1-14-18(15-10-6-5-7-11-15)20(2)16-12-8-9-13-17(16)21(14,3)22-19(20)23-4/h5-13H,1-4H3/t20-,21+/m0/s1. The topological polar surface area (TPSA) is 21.6 Å². The molecule has 0 N–H and O–H groups in total. The molecule has 0 aromatic heterocycles. The van der Waals surface area contributed by atoms with Gasteiger partial charge in [-0.05, 0) is 48.6 Å². The van der Waals surface area contributed by atoms with Gasteiger partial charge < -0.3 is 4.74 Å². The van der Waals surface area contributed by atoms with Gasteiger partial charge >= 0.3 is 0 Å². The number of rotatable bonds is 1. The number of aliphatic imine (C=N–C) groups is 1. The van der Waals surface area contributed by atoms with Crippen LogP contribution in [0, 0.1) is 0 Å². The van der Waals surface area contributed by atoms with Gasteiger partial charge in [0.1, 0.15) is 5.54 Å². The number of dihydropyridines is 1. The van der Waals surface area contributed by atoms with Crippen molar-refractivity contribution in [2.24, 2.45) is 4.99 Å². The highest BCUT2D eigenvalue weighted by molar-refractivity contribution is 6.07. The average Bonchev–Trinajstić information content (AvgIpc) is 2.58.